The second kappa shape index (κ2) is 2.36. The smallest absolute Gasteiger partial charge is 0.137 e. The summed E-state index contributed by atoms with van der Waals surface area (Å²) in [6.07, 6.45) is 3.56. The summed E-state index contributed by atoms with van der Waals surface area (Å²) in [5.41, 5.74) is 1.53. The second-order valence-corrected chi connectivity index (χ2v) is 2.28. The van der Waals surface area contributed by atoms with E-state index < -0.39 is 0 Å². The summed E-state index contributed by atoms with van der Waals surface area (Å²) < 4.78 is 1.82. The highest BCUT2D eigenvalue weighted by Crippen LogP contribution is 2.02. The molecule has 0 aliphatic heterocycles. The van der Waals surface area contributed by atoms with Crippen molar-refractivity contribution >= 4 is 5.65 Å². The molecule has 11 heavy (non-hydrogen) atoms. The SMILES string of the molecule is OCc1cn2c[c]ccc2n1. The van der Waals surface area contributed by atoms with Crippen LogP contribution in [0, 0.1) is 6.07 Å². The predicted octanol–water partition coefficient (Wildman–Crippen LogP) is 0.627. The van der Waals surface area contributed by atoms with Gasteiger partial charge in [0.05, 0.1) is 12.3 Å². The molecule has 2 aromatic rings. The van der Waals surface area contributed by atoms with Crippen LogP contribution in [0.5, 0.6) is 0 Å². The molecule has 1 N–H and O–H groups in total. The van der Waals surface area contributed by atoms with Gasteiger partial charge in [0.2, 0.25) is 0 Å². The maximum Gasteiger partial charge on any atom is 0.137 e. The van der Waals surface area contributed by atoms with Gasteiger partial charge in [-0.2, -0.15) is 0 Å². The van der Waals surface area contributed by atoms with Crippen LogP contribution in [-0.4, -0.2) is 14.5 Å². The van der Waals surface area contributed by atoms with Gasteiger partial charge < -0.3 is 9.51 Å². The molecule has 0 atom stereocenters. The maximum atomic E-state index is 8.75. The van der Waals surface area contributed by atoms with Crippen LogP contribution in [0.2, 0.25) is 0 Å². The summed E-state index contributed by atoms with van der Waals surface area (Å²) in [6.45, 7) is -0.0122. The van der Waals surface area contributed by atoms with E-state index >= 15 is 0 Å². The van der Waals surface area contributed by atoms with E-state index in [1.165, 1.54) is 0 Å². The number of aliphatic hydroxyl groups is 1. The largest absolute Gasteiger partial charge is 0.390 e. The topological polar surface area (TPSA) is 37.5 Å². The molecule has 0 saturated carbocycles. The lowest BCUT2D eigenvalue weighted by atomic mass is 10.5. The van der Waals surface area contributed by atoms with Gasteiger partial charge in [-0.1, -0.05) is 0 Å². The number of hydrogen-bond acceptors (Lipinski definition) is 2. The average molecular weight is 147 g/mol. The fourth-order valence-electron chi connectivity index (χ4n) is 1.01. The second-order valence-electron chi connectivity index (χ2n) is 2.28. The van der Waals surface area contributed by atoms with Crippen LogP contribution in [0.15, 0.2) is 24.5 Å². The summed E-state index contributed by atoms with van der Waals surface area (Å²) >= 11 is 0. The Morgan fingerprint density at radius 2 is 2.55 bits per heavy atom. The van der Waals surface area contributed by atoms with Crippen LogP contribution in [0.4, 0.5) is 0 Å². The Balaban J connectivity index is 2.69. The highest BCUT2D eigenvalue weighted by Gasteiger charge is 1.96. The lowest BCUT2D eigenvalue weighted by molar-refractivity contribution is 0.277. The number of rotatable bonds is 1. The molecule has 0 aliphatic rings. The molecule has 0 aliphatic carbocycles. The molecule has 1 radical (unpaired) electrons. The molecule has 0 bridgehead atoms. The molecule has 0 spiro atoms. The van der Waals surface area contributed by atoms with Crippen molar-refractivity contribution in [3.05, 3.63) is 36.3 Å². The van der Waals surface area contributed by atoms with Gasteiger partial charge in [-0.3, -0.25) is 0 Å². The molecule has 0 fully saturated rings. The van der Waals surface area contributed by atoms with E-state index in [0.717, 1.165) is 5.65 Å². The molecule has 0 amide bonds. The Bertz CT molecular complexity index is 334. The van der Waals surface area contributed by atoms with Gasteiger partial charge in [0, 0.05) is 12.4 Å². The van der Waals surface area contributed by atoms with Crippen molar-refractivity contribution < 1.29 is 5.11 Å². The third kappa shape index (κ3) is 0.991. The van der Waals surface area contributed by atoms with E-state index in [1.54, 1.807) is 18.5 Å². The van der Waals surface area contributed by atoms with Crippen LogP contribution in [0.3, 0.4) is 0 Å². The molecule has 0 saturated heterocycles. The van der Waals surface area contributed by atoms with E-state index in [1.807, 2.05) is 10.5 Å². The lowest BCUT2D eigenvalue weighted by Crippen LogP contribution is -1.78. The van der Waals surface area contributed by atoms with E-state index in [-0.39, 0.29) is 6.61 Å². The zero-order valence-electron chi connectivity index (χ0n) is 5.86. The van der Waals surface area contributed by atoms with Gasteiger partial charge >= 0.3 is 0 Å². The van der Waals surface area contributed by atoms with Crippen LogP contribution in [0.25, 0.3) is 5.65 Å². The molecular weight excluding hydrogens is 140 g/mol. The molecule has 0 aromatic carbocycles. The minimum atomic E-state index is -0.0122. The Kier molecular flexibility index (Phi) is 1.36. The predicted molar refractivity (Wildman–Crippen MR) is 40.0 cm³/mol. The van der Waals surface area contributed by atoms with E-state index in [9.17, 15) is 0 Å². The number of imidazole rings is 1. The first-order valence-corrected chi connectivity index (χ1v) is 3.35. The molecule has 2 rings (SSSR count). The zero-order valence-corrected chi connectivity index (χ0v) is 5.86. The molecule has 3 nitrogen and oxygen atoms in total. The molecule has 2 heterocycles. The number of nitrogens with zero attached hydrogens (tertiary/aromatic N) is 2. The minimum absolute atomic E-state index is 0.0122. The van der Waals surface area contributed by atoms with Gasteiger partial charge in [0.15, 0.2) is 0 Å². The Morgan fingerprint density at radius 1 is 1.64 bits per heavy atom. The molecule has 3 heteroatoms. The summed E-state index contributed by atoms with van der Waals surface area (Å²) in [6, 6.07) is 6.56. The first-order chi connectivity index (χ1) is 5.40. The quantitative estimate of drug-likeness (QED) is 0.642. The van der Waals surface area contributed by atoms with Gasteiger partial charge in [0.1, 0.15) is 5.65 Å². The van der Waals surface area contributed by atoms with Crippen LogP contribution in [0.1, 0.15) is 5.69 Å². The van der Waals surface area contributed by atoms with Crippen LogP contribution >= 0.6 is 0 Å². The zero-order chi connectivity index (χ0) is 7.68. The van der Waals surface area contributed by atoms with E-state index in [2.05, 4.69) is 11.1 Å². The third-order valence-corrected chi connectivity index (χ3v) is 1.52. The van der Waals surface area contributed by atoms with Gasteiger partial charge in [-0.05, 0) is 18.2 Å². The van der Waals surface area contributed by atoms with E-state index in [4.69, 9.17) is 5.11 Å². The summed E-state index contributed by atoms with van der Waals surface area (Å²) in [5.74, 6) is 0. The van der Waals surface area contributed by atoms with Gasteiger partial charge in [-0.15, -0.1) is 0 Å². The fraction of sp³-hybridized carbons (Fsp3) is 0.125. The molecule has 55 valence electrons. The average Bonchev–Trinajstić information content (AvgIpc) is 2.46. The van der Waals surface area contributed by atoms with Gasteiger partial charge in [-0.25, -0.2) is 4.98 Å². The van der Waals surface area contributed by atoms with Crippen molar-refractivity contribution in [2.24, 2.45) is 0 Å². The van der Waals surface area contributed by atoms with Crippen molar-refractivity contribution in [2.75, 3.05) is 0 Å². The van der Waals surface area contributed by atoms with Crippen LogP contribution < -0.4 is 0 Å². The molecule has 0 unspecified atom stereocenters. The summed E-state index contributed by atoms with van der Waals surface area (Å²) in [7, 11) is 0. The standard InChI is InChI=1S/C8H7N2O/c11-6-7-5-10-4-2-1-3-8(10)9-7/h1,3-5,11H,6H2. The summed E-state index contributed by atoms with van der Waals surface area (Å²) in [4.78, 5) is 4.12. The van der Waals surface area contributed by atoms with Crippen molar-refractivity contribution in [1.29, 1.82) is 0 Å². The fourth-order valence-corrected chi connectivity index (χ4v) is 1.01. The minimum Gasteiger partial charge on any atom is -0.390 e. The molecular formula is C8H7N2O. The Morgan fingerprint density at radius 3 is 3.27 bits per heavy atom. The first-order valence-electron chi connectivity index (χ1n) is 3.35. The van der Waals surface area contributed by atoms with E-state index in [0.29, 0.717) is 5.69 Å². The Labute approximate surface area is 63.9 Å². The summed E-state index contributed by atoms with van der Waals surface area (Å²) in [5, 5.41) is 8.75. The van der Waals surface area contributed by atoms with Crippen molar-refractivity contribution in [1.82, 2.24) is 9.38 Å². The maximum absolute atomic E-state index is 8.75. The number of aliphatic hydroxyl groups excluding tert-OH is 1. The highest BCUT2D eigenvalue weighted by molar-refractivity contribution is 5.38. The van der Waals surface area contributed by atoms with Gasteiger partial charge in [0.25, 0.3) is 0 Å². The number of hydrogen-bond donors (Lipinski definition) is 1. The number of fused-ring (bicyclic) bond motifs is 1. The normalized spacial score (nSPS) is 10.6. The first kappa shape index (κ1) is 6.37. The third-order valence-electron chi connectivity index (χ3n) is 1.52. The highest BCUT2D eigenvalue weighted by atomic mass is 16.3. The van der Waals surface area contributed by atoms with Crippen molar-refractivity contribution in [3.8, 4) is 0 Å². The van der Waals surface area contributed by atoms with Crippen LogP contribution in [-0.2, 0) is 6.61 Å². The molecule has 2 aromatic heterocycles. The lowest BCUT2D eigenvalue weighted by Gasteiger charge is -1.86. The van der Waals surface area contributed by atoms with Crippen molar-refractivity contribution in [3.63, 3.8) is 0 Å². The number of pyridine rings is 1. The Hall–Kier alpha value is -1.35. The monoisotopic (exact) mass is 147 g/mol. The van der Waals surface area contributed by atoms with Crippen molar-refractivity contribution in [2.45, 2.75) is 6.61 Å². The number of aromatic nitrogens is 2.